The van der Waals surface area contributed by atoms with Crippen LogP contribution in [-0.2, 0) is 20.1 Å². The number of aliphatic hydroxyl groups is 3. The van der Waals surface area contributed by atoms with Gasteiger partial charge in [-0.15, -0.1) is 0 Å². The molecule has 5 N–H and O–H groups in total. The van der Waals surface area contributed by atoms with Gasteiger partial charge in [-0.05, 0) is 10.6 Å². The molecule has 0 amide bonds. The average Bonchev–Trinajstić information content (AvgIpc) is 3.11. The molecule has 2 aromatic rings. The molecule has 2 aromatic heterocycles. The summed E-state index contributed by atoms with van der Waals surface area (Å²) in [6.07, 6.45) is -2.59. The van der Waals surface area contributed by atoms with E-state index >= 15 is 0 Å². The number of nitrogens with two attached hydrogens (primary N) is 1. The fraction of sp³-hybridized carbons (Fsp3) is 0.417. The number of anilines is 1. The normalized spacial score (nSPS) is 30.9. The summed E-state index contributed by atoms with van der Waals surface area (Å²) in [5, 5.41) is 33.6. The van der Waals surface area contributed by atoms with Gasteiger partial charge in [0.25, 0.3) is 0 Å². The minimum absolute atomic E-state index is 0.0100. The van der Waals surface area contributed by atoms with Crippen LogP contribution in [-0.4, -0.2) is 71.8 Å². The van der Waals surface area contributed by atoms with Crippen LogP contribution in [0.15, 0.2) is 11.4 Å². The van der Waals surface area contributed by atoms with Crippen molar-refractivity contribution in [3.63, 3.8) is 0 Å². The van der Waals surface area contributed by atoms with Crippen LogP contribution in [0.25, 0.3) is 21.6 Å². The molecule has 136 valence electrons. The molecule has 3 rings (SSSR count). The predicted octanol–water partition coefficient (Wildman–Crippen LogP) is -2.12. The van der Waals surface area contributed by atoms with Crippen molar-refractivity contribution in [2.24, 2.45) is 5.11 Å². The summed E-state index contributed by atoms with van der Waals surface area (Å²) in [5.74, 6) is -0.677. The SMILES string of the molecule is [N-]=[N+]=Nc1nc2c(N)ncnc2n1[C@]1(C=O)O[C@H](CO)[C@@H](O)[C@]1(O)C=O. The summed E-state index contributed by atoms with van der Waals surface area (Å²) in [4.78, 5) is 37.7. The molecular weight excluding hydrogens is 352 g/mol. The Morgan fingerprint density at radius 1 is 1.46 bits per heavy atom. The summed E-state index contributed by atoms with van der Waals surface area (Å²) in [7, 11) is 0. The van der Waals surface area contributed by atoms with Crippen molar-refractivity contribution in [3.05, 3.63) is 16.8 Å². The van der Waals surface area contributed by atoms with Crippen molar-refractivity contribution < 1.29 is 29.6 Å². The van der Waals surface area contributed by atoms with Gasteiger partial charge in [-0.25, -0.2) is 15.0 Å². The van der Waals surface area contributed by atoms with Crippen molar-refractivity contribution in [1.82, 2.24) is 19.5 Å². The minimum atomic E-state index is -2.85. The van der Waals surface area contributed by atoms with Crippen LogP contribution in [0, 0.1) is 0 Å². The van der Waals surface area contributed by atoms with Gasteiger partial charge in [-0.1, -0.05) is 0 Å². The quantitative estimate of drug-likeness (QED) is 0.195. The van der Waals surface area contributed by atoms with Gasteiger partial charge in [0.05, 0.1) is 6.61 Å². The Morgan fingerprint density at radius 3 is 2.77 bits per heavy atom. The number of aromatic nitrogens is 4. The topological polar surface area (TPSA) is 222 Å². The lowest BCUT2D eigenvalue weighted by Crippen LogP contribution is -2.60. The lowest BCUT2D eigenvalue weighted by Gasteiger charge is -2.34. The molecule has 0 unspecified atom stereocenters. The number of aliphatic hydroxyl groups excluding tert-OH is 2. The summed E-state index contributed by atoms with van der Waals surface area (Å²) in [6, 6.07) is 0. The Morgan fingerprint density at radius 2 is 2.19 bits per heavy atom. The Bertz CT molecular complexity index is 941. The van der Waals surface area contributed by atoms with Crippen LogP contribution >= 0.6 is 0 Å². The molecule has 4 atom stereocenters. The molecule has 14 heteroatoms. The number of hydrogen-bond acceptors (Lipinski definition) is 11. The fourth-order valence-electron chi connectivity index (χ4n) is 2.89. The Balaban J connectivity index is 2.44. The third kappa shape index (κ3) is 2.01. The smallest absolute Gasteiger partial charge is 0.244 e. The zero-order valence-electron chi connectivity index (χ0n) is 12.9. The second-order valence-corrected chi connectivity index (χ2v) is 5.41. The number of rotatable bonds is 5. The number of ether oxygens (including phenoxy) is 1. The van der Waals surface area contributed by atoms with Crippen molar-refractivity contribution in [2.75, 3.05) is 12.3 Å². The summed E-state index contributed by atoms with van der Waals surface area (Å²) >= 11 is 0. The number of hydrogen-bond donors (Lipinski definition) is 4. The maximum atomic E-state index is 12.0. The summed E-state index contributed by atoms with van der Waals surface area (Å²) in [6.45, 7) is -0.826. The molecule has 0 aromatic carbocycles. The molecule has 1 aliphatic rings. The van der Waals surface area contributed by atoms with E-state index in [1.54, 1.807) is 0 Å². The first kappa shape index (κ1) is 17.7. The predicted molar refractivity (Wildman–Crippen MR) is 81.6 cm³/mol. The number of azide groups is 1. The highest BCUT2D eigenvalue weighted by Crippen LogP contribution is 2.45. The van der Waals surface area contributed by atoms with Gasteiger partial charge in [-0.2, -0.15) is 0 Å². The molecule has 1 saturated heterocycles. The lowest BCUT2D eigenvalue weighted by atomic mass is 9.87. The Kier molecular flexibility index (Phi) is 4.06. The van der Waals surface area contributed by atoms with Gasteiger partial charge < -0.3 is 25.8 Å². The molecule has 26 heavy (non-hydrogen) atoms. The first-order chi connectivity index (χ1) is 12.4. The monoisotopic (exact) mass is 364 g/mol. The Labute approximate surface area is 143 Å². The van der Waals surface area contributed by atoms with Crippen LogP contribution < -0.4 is 5.73 Å². The lowest BCUT2D eigenvalue weighted by molar-refractivity contribution is -0.185. The van der Waals surface area contributed by atoms with Crippen LogP contribution in [0.1, 0.15) is 0 Å². The second kappa shape index (κ2) is 5.98. The van der Waals surface area contributed by atoms with Crippen molar-refractivity contribution in [2.45, 2.75) is 23.5 Å². The van der Waals surface area contributed by atoms with E-state index in [1.807, 2.05) is 0 Å². The number of aldehydes is 2. The third-order valence-corrected chi connectivity index (χ3v) is 4.15. The van der Waals surface area contributed by atoms with Gasteiger partial charge in [0.15, 0.2) is 29.6 Å². The molecular formula is C12H12N8O6. The highest BCUT2D eigenvalue weighted by Gasteiger charge is 2.68. The maximum absolute atomic E-state index is 12.0. The second-order valence-electron chi connectivity index (χ2n) is 5.41. The number of nitrogen functional groups attached to an aromatic ring is 1. The number of imidazole rings is 1. The van der Waals surface area contributed by atoms with Crippen LogP contribution in [0.3, 0.4) is 0 Å². The molecule has 0 bridgehead atoms. The van der Waals surface area contributed by atoms with E-state index in [0.29, 0.717) is 0 Å². The standard InChI is InChI=1S/C12H12N8O6/c13-8-6-9(16-4-15-8)20(10(17-6)18-19-14)12(3-23)11(25,2-22)7(24)5(1-21)26-12/h2-5,7,21,24-25H,1H2,(H2,13,15,16)/t5-,7-,11-,12-/m1/s1. The van der Waals surface area contributed by atoms with Crippen molar-refractivity contribution in [3.8, 4) is 0 Å². The van der Waals surface area contributed by atoms with Crippen molar-refractivity contribution >= 4 is 35.5 Å². The first-order valence-corrected chi connectivity index (χ1v) is 7.06. The minimum Gasteiger partial charge on any atom is -0.394 e. The van der Waals surface area contributed by atoms with Crippen LogP contribution in [0.4, 0.5) is 11.8 Å². The number of nitrogens with zero attached hydrogens (tertiary/aromatic N) is 7. The van der Waals surface area contributed by atoms with Gasteiger partial charge >= 0.3 is 0 Å². The Hall–Kier alpha value is -3.16. The van der Waals surface area contributed by atoms with E-state index in [2.05, 4.69) is 25.0 Å². The van der Waals surface area contributed by atoms with E-state index in [4.69, 9.17) is 16.0 Å². The van der Waals surface area contributed by atoms with E-state index in [-0.39, 0.29) is 29.6 Å². The number of fused-ring (bicyclic) bond motifs is 1. The summed E-state index contributed by atoms with van der Waals surface area (Å²) in [5.41, 5.74) is 8.65. The molecule has 1 aliphatic heterocycles. The molecule has 3 heterocycles. The zero-order valence-corrected chi connectivity index (χ0v) is 12.9. The molecule has 0 radical (unpaired) electrons. The fourth-order valence-corrected chi connectivity index (χ4v) is 2.89. The van der Waals surface area contributed by atoms with Gasteiger partial charge in [0.2, 0.25) is 17.3 Å². The van der Waals surface area contributed by atoms with Crippen molar-refractivity contribution in [1.29, 1.82) is 0 Å². The number of carbonyl (C=O) groups is 2. The summed E-state index contributed by atoms with van der Waals surface area (Å²) < 4.78 is 6.06. The van der Waals surface area contributed by atoms with E-state index in [9.17, 15) is 24.9 Å². The zero-order chi connectivity index (χ0) is 19.1. The average molecular weight is 364 g/mol. The molecule has 0 spiro atoms. The van der Waals surface area contributed by atoms with Crippen LogP contribution in [0.2, 0.25) is 0 Å². The maximum Gasteiger partial charge on any atom is 0.244 e. The van der Waals surface area contributed by atoms with Gasteiger partial charge in [-0.3, -0.25) is 14.2 Å². The molecule has 14 nitrogen and oxygen atoms in total. The van der Waals surface area contributed by atoms with Gasteiger partial charge in [0, 0.05) is 4.91 Å². The molecule has 1 fully saturated rings. The largest absolute Gasteiger partial charge is 0.394 e. The van der Waals surface area contributed by atoms with E-state index in [1.165, 1.54) is 0 Å². The number of carbonyl (C=O) groups excluding carboxylic acids is 2. The van der Waals surface area contributed by atoms with E-state index in [0.717, 1.165) is 10.9 Å². The molecule has 0 aliphatic carbocycles. The first-order valence-electron chi connectivity index (χ1n) is 7.06. The van der Waals surface area contributed by atoms with E-state index < -0.39 is 36.1 Å². The molecule has 0 saturated carbocycles. The van der Waals surface area contributed by atoms with Gasteiger partial charge in [0.1, 0.15) is 18.5 Å². The van der Waals surface area contributed by atoms with Crippen LogP contribution in [0.5, 0.6) is 0 Å². The third-order valence-electron chi connectivity index (χ3n) is 4.15. The highest BCUT2D eigenvalue weighted by atomic mass is 16.6. The highest BCUT2D eigenvalue weighted by molar-refractivity contribution is 5.87.